The summed E-state index contributed by atoms with van der Waals surface area (Å²) in [6.45, 7) is 9.78. The molecule has 0 amide bonds. The maximum atomic E-state index is 3.63. The van der Waals surface area contributed by atoms with Gasteiger partial charge in [-0.15, -0.1) is 0 Å². The molecule has 1 rings (SSSR count). The minimum absolute atomic E-state index is 0.937. The molecular weight excluding hydrogens is 182 g/mol. The molecule has 0 aromatic heterocycles. The van der Waals surface area contributed by atoms with Gasteiger partial charge >= 0.3 is 0 Å². The first-order valence-electron chi connectivity index (χ1n) is 5.99. The normalized spacial score (nSPS) is 20.3. The van der Waals surface area contributed by atoms with Crippen molar-refractivity contribution in [2.24, 2.45) is 5.92 Å². The average molecular weight is 205 g/mol. The number of piperidine rings is 1. The van der Waals surface area contributed by atoms with Crippen molar-refractivity contribution in [1.29, 1.82) is 0 Å². The lowest BCUT2D eigenvalue weighted by Gasteiger charge is -2.29. The van der Waals surface area contributed by atoms with Gasteiger partial charge in [-0.3, -0.25) is 0 Å². The molecule has 15 heavy (non-hydrogen) atoms. The SMILES string of the molecule is C=C/C=C\C=C/CCN1CCC(C)CC1. The number of rotatable bonds is 5. The fraction of sp³-hybridized carbons (Fsp3) is 0.571. The standard InChI is InChI=1S/C14H23N/c1-3-4-5-6-7-8-11-15-12-9-14(2)10-13-15/h3-7,14H,1,8-13H2,2H3/b5-4-,7-6-. The molecule has 0 bridgehead atoms. The Morgan fingerprint density at radius 3 is 2.60 bits per heavy atom. The highest BCUT2D eigenvalue weighted by molar-refractivity contribution is 5.08. The zero-order valence-electron chi connectivity index (χ0n) is 9.86. The van der Waals surface area contributed by atoms with Crippen molar-refractivity contribution >= 4 is 0 Å². The van der Waals surface area contributed by atoms with E-state index in [0.717, 1.165) is 12.3 Å². The molecule has 1 saturated heterocycles. The minimum atomic E-state index is 0.937. The first-order chi connectivity index (χ1) is 7.33. The van der Waals surface area contributed by atoms with Gasteiger partial charge < -0.3 is 4.90 Å². The van der Waals surface area contributed by atoms with E-state index in [4.69, 9.17) is 0 Å². The second kappa shape index (κ2) is 7.47. The Morgan fingerprint density at radius 1 is 1.20 bits per heavy atom. The Bertz CT molecular complexity index is 219. The molecule has 1 heterocycles. The van der Waals surface area contributed by atoms with E-state index < -0.39 is 0 Å². The van der Waals surface area contributed by atoms with E-state index in [0.29, 0.717) is 0 Å². The van der Waals surface area contributed by atoms with E-state index in [-0.39, 0.29) is 0 Å². The van der Waals surface area contributed by atoms with Gasteiger partial charge in [-0.1, -0.05) is 43.9 Å². The van der Waals surface area contributed by atoms with E-state index in [1.165, 1.54) is 32.5 Å². The van der Waals surface area contributed by atoms with Crippen molar-refractivity contribution in [3.8, 4) is 0 Å². The van der Waals surface area contributed by atoms with Gasteiger partial charge in [0.05, 0.1) is 0 Å². The van der Waals surface area contributed by atoms with Crippen LogP contribution in [0.15, 0.2) is 37.0 Å². The van der Waals surface area contributed by atoms with E-state index >= 15 is 0 Å². The summed E-state index contributed by atoms with van der Waals surface area (Å²) in [5, 5.41) is 0. The van der Waals surface area contributed by atoms with E-state index in [1.54, 1.807) is 6.08 Å². The number of nitrogens with zero attached hydrogens (tertiary/aromatic N) is 1. The summed E-state index contributed by atoms with van der Waals surface area (Å²) in [5.41, 5.74) is 0. The highest BCUT2D eigenvalue weighted by Gasteiger charge is 2.13. The van der Waals surface area contributed by atoms with Gasteiger partial charge in [-0.25, -0.2) is 0 Å². The molecule has 84 valence electrons. The summed E-state index contributed by atoms with van der Waals surface area (Å²) in [6, 6.07) is 0. The third kappa shape index (κ3) is 5.58. The van der Waals surface area contributed by atoms with Crippen molar-refractivity contribution < 1.29 is 0 Å². The number of hydrogen-bond donors (Lipinski definition) is 0. The summed E-state index contributed by atoms with van der Waals surface area (Å²) in [7, 11) is 0. The fourth-order valence-corrected chi connectivity index (χ4v) is 1.86. The Morgan fingerprint density at radius 2 is 1.93 bits per heavy atom. The summed E-state index contributed by atoms with van der Waals surface area (Å²) < 4.78 is 0. The Labute approximate surface area is 94.2 Å². The lowest BCUT2D eigenvalue weighted by Crippen LogP contribution is -2.33. The zero-order chi connectivity index (χ0) is 10.9. The first kappa shape index (κ1) is 12.3. The zero-order valence-corrected chi connectivity index (χ0v) is 9.86. The first-order valence-corrected chi connectivity index (χ1v) is 5.99. The average Bonchev–Trinajstić information content (AvgIpc) is 2.26. The lowest BCUT2D eigenvalue weighted by atomic mass is 9.99. The van der Waals surface area contributed by atoms with Crippen LogP contribution in [0.1, 0.15) is 26.2 Å². The predicted octanol–water partition coefficient (Wildman–Crippen LogP) is 3.41. The highest BCUT2D eigenvalue weighted by atomic mass is 15.1. The molecule has 0 aromatic carbocycles. The second-order valence-corrected chi connectivity index (χ2v) is 4.36. The molecular formula is C14H23N. The van der Waals surface area contributed by atoms with Crippen molar-refractivity contribution in [3.05, 3.63) is 37.0 Å². The third-order valence-electron chi connectivity index (χ3n) is 2.98. The maximum Gasteiger partial charge on any atom is 0.00160 e. The molecule has 0 aromatic rings. The smallest absolute Gasteiger partial charge is 0.00160 e. The summed E-state index contributed by atoms with van der Waals surface area (Å²) >= 11 is 0. The van der Waals surface area contributed by atoms with Crippen LogP contribution in [0.25, 0.3) is 0 Å². The van der Waals surface area contributed by atoms with Gasteiger partial charge in [-0.05, 0) is 38.3 Å². The van der Waals surface area contributed by atoms with E-state index in [9.17, 15) is 0 Å². The van der Waals surface area contributed by atoms with Crippen molar-refractivity contribution in [2.45, 2.75) is 26.2 Å². The lowest BCUT2D eigenvalue weighted by molar-refractivity contribution is 0.195. The number of hydrogen-bond acceptors (Lipinski definition) is 1. The Balaban J connectivity index is 2.07. The highest BCUT2D eigenvalue weighted by Crippen LogP contribution is 2.15. The van der Waals surface area contributed by atoms with Crippen LogP contribution in [0, 0.1) is 5.92 Å². The maximum absolute atomic E-state index is 3.63. The Kier molecular flexibility index (Phi) is 6.10. The molecule has 1 aliphatic rings. The van der Waals surface area contributed by atoms with Crippen LogP contribution < -0.4 is 0 Å². The number of likely N-dealkylation sites (tertiary alicyclic amines) is 1. The Hall–Kier alpha value is -0.820. The molecule has 0 atom stereocenters. The summed E-state index contributed by atoms with van der Waals surface area (Å²) in [4.78, 5) is 2.57. The summed E-state index contributed by atoms with van der Waals surface area (Å²) in [6.07, 6.45) is 14.0. The van der Waals surface area contributed by atoms with Crippen LogP contribution in [-0.4, -0.2) is 24.5 Å². The molecule has 1 aliphatic heterocycles. The molecule has 0 spiro atoms. The predicted molar refractivity (Wildman–Crippen MR) is 67.9 cm³/mol. The van der Waals surface area contributed by atoms with Crippen molar-refractivity contribution in [3.63, 3.8) is 0 Å². The van der Waals surface area contributed by atoms with Gasteiger partial charge in [0.1, 0.15) is 0 Å². The van der Waals surface area contributed by atoms with Crippen LogP contribution in [0.4, 0.5) is 0 Å². The van der Waals surface area contributed by atoms with Gasteiger partial charge in [0.15, 0.2) is 0 Å². The van der Waals surface area contributed by atoms with Crippen molar-refractivity contribution in [1.82, 2.24) is 4.90 Å². The third-order valence-corrected chi connectivity index (χ3v) is 2.98. The largest absolute Gasteiger partial charge is 0.303 e. The number of allylic oxidation sites excluding steroid dienone is 4. The molecule has 0 radical (unpaired) electrons. The van der Waals surface area contributed by atoms with Crippen LogP contribution in [0.2, 0.25) is 0 Å². The molecule has 1 heteroatoms. The van der Waals surface area contributed by atoms with Crippen LogP contribution in [0.3, 0.4) is 0 Å². The molecule has 0 unspecified atom stereocenters. The molecule has 1 nitrogen and oxygen atoms in total. The fourth-order valence-electron chi connectivity index (χ4n) is 1.86. The van der Waals surface area contributed by atoms with Crippen molar-refractivity contribution in [2.75, 3.05) is 19.6 Å². The van der Waals surface area contributed by atoms with Gasteiger partial charge in [-0.2, -0.15) is 0 Å². The van der Waals surface area contributed by atoms with Crippen LogP contribution in [-0.2, 0) is 0 Å². The minimum Gasteiger partial charge on any atom is -0.303 e. The van der Waals surface area contributed by atoms with Gasteiger partial charge in [0.2, 0.25) is 0 Å². The quantitative estimate of drug-likeness (QED) is 0.622. The summed E-state index contributed by atoms with van der Waals surface area (Å²) in [5.74, 6) is 0.937. The molecule has 0 N–H and O–H groups in total. The van der Waals surface area contributed by atoms with Crippen LogP contribution in [0.5, 0.6) is 0 Å². The molecule has 0 saturated carbocycles. The second-order valence-electron chi connectivity index (χ2n) is 4.36. The molecule has 1 fully saturated rings. The van der Waals surface area contributed by atoms with Crippen LogP contribution >= 0.6 is 0 Å². The van der Waals surface area contributed by atoms with Gasteiger partial charge in [0, 0.05) is 6.54 Å². The van der Waals surface area contributed by atoms with Gasteiger partial charge in [0.25, 0.3) is 0 Å². The molecule has 0 aliphatic carbocycles. The monoisotopic (exact) mass is 205 g/mol. The van der Waals surface area contributed by atoms with E-state index in [1.807, 2.05) is 12.2 Å². The van der Waals surface area contributed by atoms with E-state index in [2.05, 4.69) is 30.6 Å². The topological polar surface area (TPSA) is 3.24 Å².